The molecule has 2 atom stereocenters. The Hall–Kier alpha value is -2.55. The van der Waals surface area contributed by atoms with Crippen molar-refractivity contribution in [3.63, 3.8) is 0 Å². The van der Waals surface area contributed by atoms with E-state index >= 15 is 0 Å². The van der Waals surface area contributed by atoms with Crippen molar-refractivity contribution in [2.24, 2.45) is 0 Å². The number of unbranched alkanes of at least 4 members (excludes halogenated alkanes) is 25. The van der Waals surface area contributed by atoms with Crippen molar-refractivity contribution in [2.75, 3.05) is 47.5 Å². The average Bonchev–Trinajstić information content (AvgIpc) is 3.31. The Morgan fingerprint density at radius 2 is 0.826 bits per heavy atom. The SMILES string of the molecule is CC/C=C\C/C=C\C/C=C\C/C=C\C/C=C\C/C=C\CCCCCCCCCCCCC(=O)OC(COC(=O)CCCCCCCCCCCCCCCCCC)COP(=O)([O-])OCC[N+](C)(C)C. The fourth-order valence-electron chi connectivity index (χ4n) is 7.66. The molecule has 0 bridgehead atoms. The van der Waals surface area contributed by atoms with Crippen LogP contribution in [0.25, 0.3) is 0 Å². The van der Waals surface area contributed by atoms with E-state index in [0.29, 0.717) is 17.4 Å². The first-order chi connectivity index (χ1) is 33.5. The molecular formula is C59H106NO8P. The summed E-state index contributed by atoms with van der Waals surface area (Å²) >= 11 is 0. The van der Waals surface area contributed by atoms with E-state index in [2.05, 4.69) is 86.8 Å². The fourth-order valence-corrected chi connectivity index (χ4v) is 8.39. The summed E-state index contributed by atoms with van der Waals surface area (Å²) in [6, 6.07) is 0. The highest BCUT2D eigenvalue weighted by Crippen LogP contribution is 2.38. The smallest absolute Gasteiger partial charge is 0.306 e. The lowest BCUT2D eigenvalue weighted by Gasteiger charge is -2.28. The van der Waals surface area contributed by atoms with Crippen molar-refractivity contribution < 1.29 is 42.1 Å². The Bertz CT molecular complexity index is 1400. The molecule has 0 aliphatic rings. The Labute approximate surface area is 425 Å². The minimum absolute atomic E-state index is 0.0330. The number of rotatable bonds is 51. The van der Waals surface area contributed by atoms with E-state index in [1.54, 1.807) is 0 Å². The van der Waals surface area contributed by atoms with Gasteiger partial charge in [0.1, 0.15) is 19.8 Å². The maximum absolute atomic E-state index is 12.8. The molecule has 0 aromatic carbocycles. The molecule has 0 aromatic heterocycles. The van der Waals surface area contributed by atoms with Crippen molar-refractivity contribution in [3.8, 4) is 0 Å². The summed E-state index contributed by atoms with van der Waals surface area (Å²) in [5, 5.41) is 0. The van der Waals surface area contributed by atoms with Gasteiger partial charge in [-0.05, 0) is 64.2 Å². The lowest BCUT2D eigenvalue weighted by atomic mass is 10.0. The van der Waals surface area contributed by atoms with E-state index in [1.165, 1.54) is 122 Å². The van der Waals surface area contributed by atoms with Crippen molar-refractivity contribution >= 4 is 19.8 Å². The summed E-state index contributed by atoms with van der Waals surface area (Å²) in [6.45, 7) is 4.14. The zero-order valence-electron chi connectivity index (χ0n) is 45.2. The molecular weight excluding hydrogens is 882 g/mol. The molecule has 400 valence electrons. The second kappa shape index (κ2) is 50.4. The summed E-state index contributed by atoms with van der Waals surface area (Å²) in [7, 11) is 1.16. The van der Waals surface area contributed by atoms with Crippen LogP contribution in [-0.2, 0) is 32.7 Å². The molecule has 0 amide bonds. The normalized spacial score (nSPS) is 13.9. The second-order valence-electron chi connectivity index (χ2n) is 19.9. The van der Waals surface area contributed by atoms with Crippen LogP contribution in [0, 0.1) is 0 Å². The minimum atomic E-state index is -4.64. The van der Waals surface area contributed by atoms with Gasteiger partial charge in [-0.1, -0.05) is 234 Å². The third-order valence-corrected chi connectivity index (χ3v) is 13.0. The van der Waals surface area contributed by atoms with Crippen LogP contribution in [-0.4, -0.2) is 70.0 Å². The number of hydrogen-bond donors (Lipinski definition) is 0. The van der Waals surface area contributed by atoms with E-state index in [1.807, 2.05) is 21.1 Å². The van der Waals surface area contributed by atoms with Crippen molar-refractivity contribution in [2.45, 2.75) is 245 Å². The van der Waals surface area contributed by atoms with Gasteiger partial charge in [0, 0.05) is 12.8 Å². The van der Waals surface area contributed by atoms with E-state index in [-0.39, 0.29) is 32.0 Å². The zero-order valence-corrected chi connectivity index (χ0v) is 46.1. The first kappa shape index (κ1) is 66.5. The first-order valence-corrected chi connectivity index (χ1v) is 29.6. The van der Waals surface area contributed by atoms with Gasteiger partial charge in [0.15, 0.2) is 6.10 Å². The standard InChI is InChI=1S/C59H106NO8P/c1-6-8-10-12-14-16-18-20-22-24-25-26-27-28-29-30-31-32-33-34-35-36-38-40-42-44-46-48-50-52-59(62)68-57(56-67-69(63,64)66-54-53-60(3,4)5)55-65-58(61)51-49-47-45-43-41-39-37-23-21-19-17-15-13-11-9-7-2/h8,10,14,16,20,22,25-26,28-29,31-32,57H,6-7,9,11-13,15,17-19,21,23-24,27,30,33-56H2,1-5H3/b10-8-,16-14-,22-20-,26-25-,29-28-,32-31-. The highest BCUT2D eigenvalue weighted by Gasteiger charge is 2.21. The Morgan fingerprint density at radius 3 is 1.23 bits per heavy atom. The largest absolute Gasteiger partial charge is 0.756 e. The summed E-state index contributed by atoms with van der Waals surface area (Å²) in [6.07, 6.45) is 65.1. The van der Waals surface area contributed by atoms with Gasteiger partial charge in [0.05, 0.1) is 27.7 Å². The number of carbonyl (C=O) groups is 2. The van der Waals surface area contributed by atoms with Crippen LogP contribution < -0.4 is 4.89 Å². The number of phosphoric acid groups is 1. The molecule has 2 unspecified atom stereocenters. The summed E-state index contributed by atoms with van der Waals surface area (Å²) < 4.78 is 34.1. The molecule has 0 aliphatic carbocycles. The van der Waals surface area contributed by atoms with Crippen LogP contribution >= 0.6 is 7.82 Å². The first-order valence-electron chi connectivity index (χ1n) is 28.1. The Morgan fingerprint density at radius 1 is 0.464 bits per heavy atom. The molecule has 0 rings (SSSR count). The van der Waals surface area contributed by atoms with Gasteiger partial charge in [0.25, 0.3) is 7.82 Å². The monoisotopic (exact) mass is 988 g/mol. The van der Waals surface area contributed by atoms with Crippen LogP contribution in [0.4, 0.5) is 0 Å². The second-order valence-corrected chi connectivity index (χ2v) is 21.3. The maximum Gasteiger partial charge on any atom is 0.306 e. The molecule has 9 nitrogen and oxygen atoms in total. The average molecular weight is 988 g/mol. The minimum Gasteiger partial charge on any atom is -0.756 e. The number of likely N-dealkylation sites (N-methyl/N-ethyl adjacent to an activating group) is 1. The van der Waals surface area contributed by atoms with Gasteiger partial charge < -0.3 is 27.9 Å². The van der Waals surface area contributed by atoms with Crippen LogP contribution in [0.15, 0.2) is 72.9 Å². The molecule has 0 saturated carbocycles. The Kier molecular flexibility index (Phi) is 48.5. The van der Waals surface area contributed by atoms with Crippen LogP contribution in [0.2, 0.25) is 0 Å². The Balaban J connectivity index is 4.17. The third kappa shape index (κ3) is 54.6. The molecule has 0 N–H and O–H groups in total. The summed E-state index contributed by atoms with van der Waals surface area (Å²) in [5.41, 5.74) is 0. The molecule has 0 heterocycles. The quantitative estimate of drug-likeness (QED) is 0.0195. The lowest BCUT2D eigenvalue weighted by molar-refractivity contribution is -0.870. The lowest BCUT2D eigenvalue weighted by Crippen LogP contribution is -2.37. The van der Waals surface area contributed by atoms with E-state index in [9.17, 15) is 19.0 Å². The number of esters is 2. The number of hydrogen-bond acceptors (Lipinski definition) is 8. The molecule has 0 fully saturated rings. The van der Waals surface area contributed by atoms with E-state index in [4.69, 9.17) is 18.5 Å². The van der Waals surface area contributed by atoms with Gasteiger partial charge in [0.2, 0.25) is 0 Å². The number of quaternary nitrogens is 1. The highest BCUT2D eigenvalue weighted by molar-refractivity contribution is 7.45. The van der Waals surface area contributed by atoms with E-state index < -0.39 is 26.5 Å². The summed E-state index contributed by atoms with van der Waals surface area (Å²) in [4.78, 5) is 37.8. The predicted molar refractivity (Wildman–Crippen MR) is 291 cm³/mol. The number of ether oxygens (including phenoxy) is 2. The van der Waals surface area contributed by atoms with Gasteiger partial charge in [-0.3, -0.25) is 14.2 Å². The topological polar surface area (TPSA) is 111 Å². The number of nitrogens with zero attached hydrogens (tertiary/aromatic N) is 1. The molecule has 0 aromatic rings. The van der Waals surface area contributed by atoms with Crippen molar-refractivity contribution in [3.05, 3.63) is 72.9 Å². The van der Waals surface area contributed by atoms with Crippen molar-refractivity contribution in [1.82, 2.24) is 0 Å². The number of phosphoric ester groups is 1. The van der Waals surface area contributed by atoms with Gasteiger partial charge in [-0.2, -0.15) is 0 Å². The molecule has 0 radical (unpaired) electrons. The van der Waals surface area contributed by atoms with Crippen LogP contribution in [0.1, 0.15) is 239 Å². The highest BCUT2D eigenvalue weighted by atomic mass is 31.2. The van der Waals surface area contributed by atoms with Crippen LogP contribution in [0.3, 0.4) is 0 Å². The van der Waals surface area contributed by atoms with E-state index in [0.717, 1.165) is 83.5 Å². The molecule has 10 heteroatoms. The molecule has 0 spiro atoms. The predicted octanol–water partition coefficient (Wildman–Crippen LogP) is 16.7. The molecule has 0 saturated heterocycles. The fraction of sp³-hybridized carbons (Fsp3) is 0.763. The van der Waals surface area contributed by atoms with Gasteiger partial charge in [-0.15, -0.1) is 0 Å². The van der Waals surface area contributed by atoms with Gasteiger partial charge in [-0.25, -0.2) is 0 Å². The molecule has 69 heavy (non-hydrogen) atoms. The third-order valence-electron chi connectivity index (χ3n) is 12.0. The summed E-state index contributed by atoms with van der Waals surface area (Å²) in [5.74, 6) is -0.833. The van der Waals surface area contributed by atoms with Crippen molar-refractivity contribution in [1.29, 1.82) is 0 Å². The molecule has 0 aliphatic heterocycles. The zero-order chi connectivity index (χ0) is 50.6. The van der Waals surface area contributed by atoms with Crippen LogP contribution in [0.5, 0.6) is 0 Å². The number of allylic oxidation sites excluding steroid dienone is 12. The van der Waals surface area contributed by atoms with Gasteiger partial charge >= 0.3 is 11.9 Å². The number of carbonyl (C=O) groups excluding carboxylic acids is 2. The maximum atomic E-state index is 12.8.